The third-order valence-electron chi connectivity index (χ3n) is 4.82. The first-order valence-electron chi connectivity index (χ1n) is 8.34. The van der Waals surface area contributed by atoms with Crippen LogP contribution in [0.4, 0.5) is 0 Å². The van der Waals surface area contributed by atoms with Gasteiger partial charge in [0.1, 0.15) is 5.82 Å². The predicted molar refractivity (Wildman–Crippen MR) is 99.2 cm³/mol. The molecule has 5 rings (SSSR count). The highest BCUT2D eigenvalue weighted by Crippen LogP contribution is 2.41. The van der Waals surface area contributed by atoms with E-state index in [4.69, 9.17) is 4.98 Å². The summed E-state index contributed by atoms with van der Waals surface area (Å²) in [6.07, 6.45) is 0.764. The number of para-hydroxylation sites is 2. The zero-order chi connectivity index (χ0) is 16.8. The molecule has 0 atom stereocenters. The van der Waals surface area contributed by atoms with E-state index >= 15 is 0 Å². The SMILES string of the molecule is O=S1c2ccccc2C(Cc2nc3ccccc3[nH]2)c2ccccc21. The fourth-order valence-corrected chi connectivity index (χ4v) is 5.17. The van der Waals surface area contributed by atoms with Crippen LogP contribution in [0.2, 0.25) is 0 Å². The maximum Gasteiger partial charge on any atom is 0.108 e. The number of fused-ring (bicyclic) bond motifs is 3. The lowest BCUT2D eigenvalue weighted by molar-refractivity contribution is 0.666. The molecule has 0 amide bonds. The molecule has 4 heteroatoms. The monoisotopic (exact) mass is 344 g/mol. The summed E-state index contributed by atoms with van der Waals surface area (Å²) in [5, 5.41) is 0. The number of rotatable bonds is 2. The first-order chi connectivity index (χ1) is 12.3. The summed E-state index contributed by atoms with van der Waals surface area (Å²) < 4.78 is 12.9. The highest BCUT2D eigenvalue weighted by Gasteiger charge is 2.30. The molecule has 1 aliphatic rings. The Morgan fingerprint density at radius 3 is 2.12 bits per heavy atom. The van der Waals surface area contributed by atoms with Crippen molar-refractivity contribution in [1.82, 2.24) is 9.97 Å². The van der Waals surface area contributed by atoms with Gasteiger partial charge in [-0.05, 0) is 35.4 Å². The normalized spacial score (nSPS) is 18.7. The van der Waals surface area contributed by atoms with Gasteiger partial charge < -0.3 is 4.98 Å². The highest BCUT2D eigenvalue weighted by atomic mass is 32.2. The van der Waals surface area contributed by atoms with E-state index in [2.05, 4.69) is 17.1 Å². The van der Waals surface area contributed by atoms with Gasteiger partial charge in [0.15, 0.2) is 0 Å². The largest absolute Gasteiger partial charge is 0.342 e. The van der Waals surface area contributed by atoms with Gasteiger partial charge in [0.2, 0.25) is 0 Å². The quantitative estimate of drug-likeness (QED) is 0.585. The van der Waals surface area contributed by atoms with Crippen LogP contribution in [0.5, 0.6) is 0 Å². The van der Waals surface area contributed by atoms with Crippen molar-refractivity contribution in [1.29, 1.82) is 0 Å². The molecule has 25 heavy (non-hydrogen) atoms. The molecule has 0 unspecified atom stereocenters. The van der Waals surface area contributed by atoms with E-state index < -0.39 is 10.8 Å². The number of hydrogen-bond donors (Lipinski definition) is 1. The molecule has 2 heterocycles. The Morgan fingerprint density at radius 2 is 1.44 bits per heavy atom. The summed E-state index contributed by atoms with van der Waals surface area (Å²) in [6.45, 7) is 0. The average molecular weight is 344 g/mol. The standard InChI is InChI=1S/C21H16N2OS/c24-25-19-11-5-1-7-14(19)16(15-8-2-6-12-20(15)25)13-21-22-17-9-3-4-10-18(17)23-21/h1-12,16H,13H2,(H,22,23). The predicted octanol–water partition coefficient (Wildman–Crippen LogP) is 4.42. The van der Waals surface area contributed by atoms with E-state index in [1.54, 1.807) is 0 Å². The van der Waals surface area contributed by atoms with Crippen LogP contribution in [-0.2, 0) is 17.2 Å². The van der Waals surface area contributed by atoms with Gasteiger partial charge in [-0.1, -0.05) is 48.5 Å². The minimum atomic E-state index is -1.11. The molecule has 0 aliphatic carbocycles. The Labute approximate surface area is 148 Å². The van der Waals surface area contributed by atoms with Gasteiger partial charge in [0.25, 0.3) is 0 Å². The molecule has 0 spiro atoms. The molecule has 0 fully saturated rings. The second-order valence-electron chi connectivity index (χ2n) is 6.30. The number of hydrogen-bond acceptors (Lipinski definition) is 2. The first-order valence-corrected chi connectivity index (χ1v) is 9.49. The van der Waals surface area contributed by atoms with E-state index in [9.17, 15) is 4.21 Å². The van der Waals surface area contributed by atoms with Gasteiger partial charge in [-0.25, -0.2) is 9.19 Å². The van der Waals surface area contributed by atoms with Crippen molar-refractivity contribution in [3.05, 3.63) is 89.7 Å². The second-order valence-corrected chi connectivity index (χ2v) is 7.72. The van der Waals surface area contributed by atoms with Crippen molar-refractivity contribution in [3.63, 3.8) is 0 Å². The van der Waals surface area contributed by atoms with E-state index in [1.165, 1.54) is 0 Å². The lowest BCUT2D eigenvalue weighted by Crippen LogP contribution is -2.17. The van der Waals surface area contributed by atoms with Crippen molar-refractivity contribution in [2.75, 3.05) is 0 Å². The van der Waals surface area contributed by atoms with Crippen molar-refractivity contribution in [2.24, 2.45) is 0 Å². The van der Waals surface area contributed by atoms with Gasteiger partial charge in [-0.2, -0.15) is 0 Å². The second kappa shape index (κ2) is 5.67. The summed E-state index contributed by atoms with van der Waals surface area (Å²) in [5.74, 6) is 1.12. The Kier molecular flexibility index (Phi) is 3.31. The number of nitrogens with zero attached hydrogens (tertiary/aromatic N) is 1. The fraction of sp³-hybridized carbons (Fsp3) is 0.0952. The van der Waals surface area contributed by atoms with Crippen LogP contribution in [0.3, 0.4) is 0 Å². The van der Waals surface area contributed by atoms with E-state index in [-0.39, 0.29) is 5.92 Å². The third kappa shape index (κ3) is 2.33. The maximum absolute atomic E-state index is 12.9. The molecule has 3 nitrogen and oxygen atoms in total. The Balaban J connectivity index is 1.65. The summed E-state index contributed by atoms with van der Waals surface area (Å²) in [7, 11) is -1.11. The van der Waals surface area contributed by atoms with Crippen LogP contribution in [-0.4, -0.2) is 14.2 Å². The molecular formula is C21H16N2OS. The molecule has 0 saturated heterocycles. The zero-order valence-corrected chi connectivity index (χ0v) is 14.3. The number of imidazole rings is 1. The van der Waals surface area contributed by atoms with Crippen molar-refractivity contribution in [2.45, 2.75) is 22.1 Å². The number of H-pyrrole nitrogens is 1. The van der Waals surface area contributed by atoms with Gasteiger partial charge in [-0.15, -0.1) is 0 Å². The Hall–Kier alpha value is -2.72. The maximum atomic E-state index is 12.9. The molecule has 0 saturated carbocycles. The molecular weight excluding hydrogens is 328 g/mol. The van der Waals surface area contributed by atoms with Crippen molar-refractivity contribution >= 4 is 21.8 Å². The number of aromatic nitrogens is 2. The zero-order valence-electron chi connectivity index (χ0n) is 13.5. The molecule has 0 radical (unpaired) electrons. The molecule has 1 aliphatic heterocycles. The number of aromatic amines is 1. The van der Waals surface area contributed by atoms with E-state index in [0.717, 1.165) is 44.2 Å². The van der Waals surface area contributed by atoms with E-state index in [0.29, 0.717) is 0 Å². The topological polar surface area (TPSA) is 45.8 Å². The van der Waals surface area contributed by atoms with E-state index in [1.807, 2.05) is 60.7 Å². The summed E-state index contributed by atoms with van der Waals surface area (Å²) in [6, 6.07) is 24.2. The molecule has 0 bridgehead atoms. The molecule has 3 aromatic carbocycles. The third-order valence-corrected chi connectivity index (χ3v) is 6.37. The smallest absolute Gasteiger partial charge is 0.108 e. The average Bonchev–Trinajstić information content (AvgIpc) is 3.08. The van der Waals surface area contributed by atoms with Crippen LogP contribution >= 0.6 is 0 Å². The minimum Gasteiger partial charge on any atom is -0.342 e. The molecule has 4 aromatic rings. The van der Waals surface area contributed by atoms with Crippen LogP contribution in [0, 0.1) is 0 Å². The summed E-state index contributed by atoms with van der Waals surface area (Å²) >= 11 is 0. The van der Waals surface area contributed by atoms with Crippen LogP contribution in [0.1, 0.15) is 22.9 Å². The summed E-state index contributed by atoms with van der Waals surface area (Å²) in [4.78, 5) is 10.0. The molecule has 122 valence electrons. The van der Waals surface area contributed by atoms with Gasteiger partial charge in [-0.3, -0.25) is 0 Å². The van der Waals surface area contributed by atoms with Crippen LogP contribution < -0.4 is 0 Å². The highest BCUT2D eigenvalue weighted by molar-refractivity contribution is 7.85. The molecule has 1 N–H and O–H groups in total. The van der Waals surface area contributed by atoms with Gasteiger partial charge in [0, 0.05) is 22.1 Å². The van der Waals surface area contributed by atoms with Crippen LogP contribution in [0.25, 0.3) is 11.0 Å². The Bertz CT molecular complexity index is 1030. The summed E-state index contributed by atoms with van der Waals surface area (Å²) in [5.41, 5.74) is 4.32. The Morgan fingerprint density at radius 1 is 0.840 bits per heavy atom. The lowest BCUT2D eigenvalue weighted by Gasteiger charge is -2.27. The van der Waals surface area contributed by atoms with Crippen molar-refractivity contribution < 1.29 is 4.21 Å². The van der Waals surface area contributed by atoms with Crippen LogP contribution in [0.15, 0.2) is 82.6 Å². The number of nitrogens with one attached hydrogen (secondary N) is 1. The number of benzene rings is 3. The molecule has 1 aromatic heterocycles. The lowest BCUT2D eigenvalue weighted by atomic mass is 9.87. The van der Waals surface area contributed by atoms with Gasteiger partial charge in [0.05, 0.1) is 21.8 Å². The fourth-order valence-electron chi connectivity index (χ4n) is 3.68. The first kappa shape index (κ1) is 14.6. The van der Waals surface area contributed by atoms with Gasteiger partial charge >= 0.3 is 0 Å². The minimum absolute atomic E-state index is 0.158. The van der Waals surface area contributed by atoms with Crippen molar-refractivity contribution in [3.8, 4) is 0 Å².